The van der Waals surface area contributed by atoms with E-state index in [1.807, 2.05) is 12.2 Å². The maximum absolute atomic E-state index is 4.11. The molecule has 0 aliphatic heterocycles. The molecule has 0 saturated heterocycles. The quantitative estimate of drug-likeness (QED) is 0.219. The first-order chi connectivity index (χ1) is 18.8. The normalized spacial score (nSPS) is 15.9. The number of benzene rings is 5. The van der Waals surface area contributed by atoms with Crippen LogP contribution in [0, 0.1) is 0 Å². The minimum atomic E-state index is 0.183. The summed E-state index contributed by atoms with van der Waals surface area (Å²) in [6, 6.07) is 38.6. The van der Waals surface area contributed by atoms with E-state index < -0.39 is 0 Å². The minimum absolute atomic E-state index is 0.183. The Balaban J connectivity index is 1.35. The van der Waals surface area contributed by atoms with E-state index in [-0.39, 0.29) is 5.92 Å². The standard InChI is InChI=1S/C38H26/c1-3-11-23(4-2)36-29-15-8-5-12-26(29)33-20-24(18-19-32(33)36)25-21-34-27-13-6-9-16-30(27)37-31-17-10-7-14-28(31)35(22-25)38(34)37/h3-22,36-37H,1-2H2/b23-11+. The first-order valence-corrected chi connectivity index (χ1v) is 13.3. The summed E-state index contributed by atoms with van der Waals surface area (Å²) in [5, 5.41) is 0. The fraction of sp³-hybridized carbons (Fsp3) is 0.0526. The number of hydrogen-bond donors (Lipinski definition) is 0. The average molecular weight is 483 g/mol. The Labute approximate surface area is 223 Å². The van der Waals surface area contributed by atoms with Crippen LogP contribution in [0.5, 0.6) is 0 Å². The Morgan fingerprint density at radius 2 is 1.05 bits per heavy atom. The van der Waals surface area contributed by atoms with Crippen molar-refractivity contribution in [2.45, 2.75) is 11.8 Å². The molecule has 0 heteroatoms. The van der Waals surface area contributed by atoms with Crippen molar-refractivity contribution >= 4 is 0 Å². The number of rotatable bonds is 4. The molecule has 0 N–H and O–H groups in total. The van der Waals surface area contributed by atoms with E-state index in [0.29, 0.717) is 5.92 Å². The Morgan fingerprint density at radius 3 is 1.66 bits per heavy atom. The molecule has 0 spiro atoms. The van der Waals surface area contributed by atoms with Crippen LogP contribution in [0.25, 0.3) is 44.5 Å². The molecular formula is C38H26. The maximum atomic E-state index is 4.11. The van der Waals surface area contributed by atoms with E-state index in [1.54, 1.807) is 0 Å². The van der Waals surface area contributed by atoms with Crippen LogP contribution in [0.3, 0.4) is 0 Å². The smallest absolute Gasteiger partial charge is 0.0364 e. The van der Waals surface area contributed by atoms with Crippen molar-refractivity contribution in [2.75, 3.05) is 0 Å². The van der Waals surface area contributed by atoms with Gasteiger partial charge in [0, 0.05) is 11.8 Å². The molecular weight excluding hydrogens is 456 g/mol. The molecule has 0 fully saturated rings. The van der Waals surface area contributed by atoms with E-state index >= 15 is 0 Å². The predicted molar refractivity (Wildman–Crippen MR) is 159 cm³/mol. The molecule has 0 aromatic heterocycles. The van der Waals surface area contributed by atoms with Crippen LogP contribution in [0.15, 0.2) is 140 Å². The number of fused-ring (bicyclic) bond motifs is 9. The second-order valence-corrected chi connectivity index (χ2v) is 10.5. The lowest BCUT2D eigenvalue weighted by atomic mass is 9.87. The summed E-state index contributed by atoms with van der Waals surface area (Å²) < 4.78 is 0. The van der Waals surface area contributed by atoms with Crippen molar-refractivity contribution < 1.29 is 0 Å². The molecule has 1 atom stereocenters. The fourth-order valence-corrected chi connectivity index (χ4v) is 7.20. The SMILES string of the molecule is C=C/C=C(\C=C)C1c2ccccc2-c2cc(-c3cc4c5c(c3)-c3ccccc3C5c3ccccc3-4)ccc21. The molecule has 3 aliphatic rings. The van der Waals surface area contributed by atoms with Gasteiger partial charge in [0.25, 0.3) is 0 Å². The zero-order valence-electron chi connectivity index (χ0n) is 21.1. The van der Waals surface area contributed by atoms with Gasteiger partial charge >= 0.3 is 0 Å². The molecule has 0 radical (unpaired) electrons. The number of hydrogen-bond acceptors (Lipinski definition) is 0. The van der Waals surface area contributed by atoms with Crippen molar-refractivity contribution in [1.29, 1.82) is 0 Å². The van der Waals surface area contributed by atoms with Gasteiger partial charge in [-0.2, -0.15) is 0 Å². The van der Waals surface area contributed by atoms with Crippen molar-refractivity contribution in [3.05, 3.63) is 168 Å². The van der Waals surface area contributed by atoms with Gasteiger partial charge in [0.2, 0.25) is 0 Å². The van der Waals surface area contributed by atoms with Crippen LogP contribution in [0.4, 0.5) is 0 Å². The number of allylic oxidation sites excluding steroid dienone is 4. The third-order valence-electron chi connectivity index (χ3n) is 8.73. The van der Waals surface area contributed by atoms with Gasteiger partial charge in [0.05, 0.1) is 0 Å². The lowest BCUT2D eigenvalue weighted by Gasteiger charge is -2.16. The van der Waals surface area contributed by atoms with Gasteiger partial charge in [0.1, 0.15) is 0 Å². The maximum Gasteiger partial charge on any atom is 0.0364 e. The Hall–Kier alpha value is -4.68. The van der Waals surface area contributed by atoms with Crippen molar-refractivity contribution in [1.82, 2.24) is 0 Å². The second kappa shape index (κ2) is 7.91. The van der Waals surface area contributed by atoms with Gasteiger partial charge in [-0.05, 0) is 96.1 Å². The summed E-state index contributed by atoms with van der Waals surface area (Å²) in [6.07, 6.45) is 5.92. The molecule has 3 aliphatic carbocycles. The van der Waals surface area contributed by atoms with E-state index in [9.17, 15) is 0 Å². The van der Waals surface area contributed by atoms with E-state index in [0.717, 1.165) is 0 Å². The highest BCUT2D eigenvalue weighted by Gasteiger charge is 2.39. The van der Waals surface area contributed by atoms with Crippen LogP contribution in [0.1, 0.15) is 39.7 Å². The molecule has 178 valence electrons. The zero-order chi connectivity index (χ0) is 25.4. The first kappa shape index (κ1) is 21.4. The van der Waals surface area contributed by atoms with Crippen LogP contribution in [0.2, 0.25) is 0 Å². The summed E-state index contributed by atoms with van der Waals surface area (Å²) in [5.74, 6) is 0.533. The molecule has 0 bridgehead atoms. The van der Waals surface area contributed by atoms with E-state index in [1.165, 1.54) is 77.9 Å². The highest BCUT2D eigenvalue weighted by atomic mass is 14.4. The summed E-state index contributed by atoms with van der Waals surface area (Å²) in [6.45, 7) is 8.05. The average Bonchev–Trinajstić information content (AvgIpc) is 3.60. The molecule has 0 amide bonds. The van der Waals surface area contributed by atoms with E-state index in [2.05, 4.69) is 122 Å². The van der Waals surface area contributed by atoms with E-state index in [4.69, 9.17) is 0 Å². The van der Waals surface area contributed by atoms with Gasteiger partial charge in [-0.25, -0.2) is 0 Å². The largest absolute Gasteiger partial charge is 0.0991 e. The van der Waals surface area contributed by atoms with Crippen molar-refractivity contribution in [3.8, 4) is 44.5 Å². The van der Waals surface area contributed by atoms with Gasteiger partial charge in [-0.15, -0.1) is 0 Å². The van der Waals surface area contributed by atoms with Crippen molar-refractivity contribution in [3.63, 3.8) is 0 Å². The molecule has 0 saturated carbocycles. The Kier molecular flexibility index (Phi) is 4.46. The summed E-state index contributed by atoms with van der Waals surface area (Å²) in [5.41, 5.74) is 18.9. The molecule has 5 aromatic carbocycles. The Bertz CT molecular complexity index is 1790. The highest BCUT2D eigenvalue weighted by molar-refractivity contribution is 5.97. The molecule has 0 heterocycles. The second-order valence-electron chi connectivity index (χ2n) is 10.5. The lowest BCUT2D eigenvalue weighted by molar-refractivity contribution is 1.02. The fourth-order valence-electron chi connectivity index (χ4n) is 7.20. The first-order valence-electron chi connectivity index (χ1n) is 13.3. The monoisotopic (exact) mass is 482 g/mol. The molecule has 1 unspecified atom stereocenters. The van der Waals surface area contributed by atoms with Gasteiger partial charge in [-0.3, -0.25) is 0 Å². The van der Waals surface area contributed by atoms with Crippen LogP contribution < -0.4 is 0 Å². The summed E-state index contributed by atoms with van der Waals surface area (Å²) in [7, 11) is 0. The minimum Gasteiger partial charge on any atom is -0.0991 e. The zero-order valence-corrected chi connectivity index (χ0v) is 21.1. The highest BCUT2D eigenvalue weighted by Crippen LogP contribution is 2.59. The van der Waals surface area contributed by atoms with Crippen LogP contribution in [-0.4, -0.2) is 0 Å². The molecule has 0 nitrogen and oxygen atoms in total. The topological polar surface area (TPSA) is 0 Å². The molecule has 8 rings (SSSR count). The summed E-state index contributed by atoms with van der Waals surface area (Å²) >= 11 is 0. The van der Waals surface area contributed by atoms with Crippen molar-refractivity contribution in [2.24, 2.45) is 0 Å². The van der Waals surface area contributed by atoms with Gasteiger partial charge in [0.15, 0.2) is 0 Å². The van der Waals surface area contributed by atoms with Gasteiger partial charge < -0.3 is 0 Å². The molecule has 5 aromatic rings. The third-order valence-corrected chi connectivity index (χ3v) is 8.73. The lowest BCUT2D eigenvalue weighted by Crippen LogP contribution is -1.99. The van der Waals surface area contributed by atoms with Gasteiger partial charge in [-0.1, -0.05) is 116 Å². The Morgan fingerprint density at radius 1 is 0.526 bits per heavy atom. The predicted octanol–water partition coefficient (Wildman–Crippen LogP) is 9.91. The third kappa shape index (κ3) is 2.75. The van der Waals surface area contributed by atoms with Crippen LogP contribution in [-0.2, 0) is 0 Å². The van der Waals surface area contributed by atoms with Crippen LogP contribution >= 0.6 is 0 Å². The summed E-state index contributed by atoms with van der Waals surface area (Å²) in [4.78, 5) is 0. The molecule has 38 heavy (non-hydrogen) atoms.